The second-order valence-electron chi connectivity index (χ2n) is 6.58. The monoisotopic (exact) mass is 380 g/mol. The maximum Gasteiger partial charge on any atom is 0.356 e. The second-order valence-corrected chi connectivity index (χ2v) is 6.58. The van der Waals surface area contributed by atoms with Crippen molar-refractivity contribution in [2.24, 2.45) is 0 Å². The van der Waals surface area contributed by atoms with Crippen LogP contribution in [0.3, 0.4) is 0 Å². The smallest absolute Gasteiger partial charge is 0.356 e. The third kappa shape index (κ3) is 5.66. The number of hydrogen-bond donors (Lipinski definition) is 2. The number of hydrogen-bond acceptors (Lipinski definition) is 5. The minimum Gasteiger partial charge on any atom is -0.461 e. The van der Waals surface area contributed by atoms with Crippen LogP contribution in [0.5, 0.6) is 0 Å². The molecule has 1 aromatic carbocycles. The molecule has 6 heteroatoms. The molecule has 3 rings (SSSR count). The number of aliphatic hydroxyl groups is 1. The van der Waals surface area contributed by atoms with Crippen molar-refractivity contribution in [3.05, 3.63) is 85.0 Å². The molecular formula is C22H26N3O3. The van der Waals surface area contributed by atoms with Gasteiger partial charge < -0.3 is 15.2 Å². The van der Waals surface area contributed by atoms with Gasteiger partial charge in [-0.3, -0.25) is 4.68 Å². The molecule has 0 saturated heterocycles. The summed E-state index contributed by atoms with van der Waals surface area (Å²) in [5.41, 5.74) is 2.29. The predicted molar refractivity (Wildman–Crippen MR) is 107 cm³/mol. The van der Waals surface area contributed by atoms with Gasteiger partial charge in [-0.2, -0.15) is 5.10 Å². The number of carbonyl (C=O) groups is 1. The van der Waals surface area contributed by atoms with Crippen LogP contribution in [0.25, 0.3) is 0 Å². The van der Waals surface area contributed by atoms with Crippen molar-refractivity contribution in [3.63, 3.8) is 0 Å². The first-order valence-electron chi connectivity index (χ1n) is 9.57. The van der Waals surface area contributed by atoms with Crippen LogP contribution >= 0.6 is 0 Å². The van der Waals surface area contributed by atoms with Crippen LogP contribution in [0.1, 0.15) is 28.7 Å². The molecule has 28 heavy (non-hydrogen) atoms. The first kappa shape index (κ1) is 20.6. The number of aliphatic hydroxyl groups excluding tert-OH is 1. The van der Waals surface area contributed by atoms with Gasteiger partial charge in [0.05, 0.1) is 24.9 Å². The summed E-state index contributed by atoms with van der Waals surface area (Å²) >= 11 is 0. The molecular weight excluding hydrogens is 354 g/mol. The number of rotatable bonds is 10. The van der Waals surface area contributed by atoms with Crippen LogP contribution in [0.15, 0.2) is 36.4 Å². The zero-order chi connectivity index (χ0) is 19.8. The van der Waals surface area contributed by atoms with Crippen LogP contribution in [-0.2, 0) is 17.7 Å². The zero-order valence-corrected chi connectivity index (χ0v) is 16.0. The summed E-state index contributed by atoms with van der Waals surface area (Å²) in [5.74, 6) is 0.497. The van der Waals surface area contributed by atoms with E-state index >= 15 is 0 Å². The number of benzene rings is 1. The fraction of sp³-hybridized carbons (Fsp3) is 0.318. The Morgan fingerprint density at radius 1 is 1.25 bits per heavy atom. The molecule has 6 nitrogen and oxygen atoms in total. The first-order chi connectivity index (χ1) is 13.7. The summed E-state index contributed by atoms with van der Waals surface area (Å²) in [6.07, 6.45) is 7.93. The van der Waals surface area contributed by atoms with Crippen molar-refractivity contribution in [3.8, 4) is 0 Å². The molecule has 0 amide bonds. The Labute approximate surface area is 166 Å². The standard InChI is InChI=1S/C22H26N3O3/c1-2-28-22(27)21-14-20(18-10-6-7-11-18)24-25(21)16-19(26)15-23-13-12-17-8-4-3-5-9-17/h3-11,14,19,23,26H,2,12-13,15-16H2,1H3/t19-/m1/s1. The molecule has 1 atom stereocenters. The van der Waals surface area contributed by atoms with Crippen molar-refractivity contribution in [1.29, 1.82) is 0 Å². The number of nitrogens with one attached hydrogen (secondary N) is 1. The number of carbonyl (C=O) groups excluding carboxylic acids is 1. The Morgan fingerprint density at radius 2 is 2.00 bits per heavy atom. The van der Waals surface area contributed by atoms with E-state index in [9.17, 15) is 9.90 Å². The molecule has 2 aromatic rings. The highest BCUT2D eigenvalue weighted by molar-refractivity contribution is 5.88. The SMILES string of the molecule is CCOC(=O)c1cc([C]2[CH][CH][CH][CH]2)nn1C[C@H](O)CNCCc1ccccc1. The Morgan fingerprint density at radius 3 is 2.71 bits per heavy atom. The van der Waals surface area contributed by atoms with Gasteiger partial charge in [0.15, 0.2) is 0 Å². The van der Waals surface area contributed by atoms with E-state index in [-0.39, 0.29) is 6.54 Å². The van der Waals surface area contributed by atoms with Crippen molar-refractivity contribution in [2.75, 3.05) is 19.7 Å². The molecule has 5 radical (unpaired) electrons. The highest BCUT2D eigenvalue weighted by Gasteiger charge is 2.26. The van der Waals surface area contributed by atoms with Crippen molar-refractivity contribution in [1.82, 2.24) is 15.1 Å². The molecule has 1 saturated carbocycles. The molecule has 1 aliphatic rings. The summed E-state index contributed by atoms with van der Waals surface area (Å²) in [6.45, 7) is 3.46. The molecule has 0 spiro atoms. The van der Waals surface area contributed by atoms with E-state index < -0.39 is 12.1 Å². The summed E-state index contributed by atoms with van der Waals surface area (Å²) in [5, 5.41) is 18.2. The first-order valence-corrected chi connectivity index (χ1v) is 9.57. The van der Waals surface area contributed by atoms with E-state index in [1.54, 1.807) is 13.0 Å². The maximum absolute atomic E-state index is 12.3. The highest BCUT2D eigenvalue weighted by Crippen LogP contribution is 2.29. The normalized spacial score (nSPS) is 15.6. The number of aromatic nitrogens is 2. The summed E-state index contributed by atoms with van der Waals surface area (Å²) < 4.78 is 6.66. The van der Waals surface area contributed by atoms with Gasteiger partial charge in [0, 0.05) is 12.5 Å². The molecule has 0 bridgehead atoms. The van der Waals surface area contributed by atoms with Gasteiger partial charge in [-0.05, 0) is 57.2 Å². The molecule has 1 aliphatic carbocycles. The average molecular weight is 380 g/mol. The van der Waals surface area contributed by atoms with Gasteiger partial charge in [0.2, 0.25) is 0 Å². The Bertz CT molecular complexity index is 739. The van der Waals surface area contributed by atoms with Gasteiger partial charge in [0.25, 0.3) is 0 Å². The van der Waals surface area contributed by atoms with Gasteiger partial charge in [-0.15, -0.1) is 0 Å². The largest absolute Gasteiger partial charge is 0.461 e. The van der Waals surface area contributed by atoms with Crippen LogP contribution in [-0.4, -0.2) is 46.7 Å². The molecule has 0 aliphatic heterocycles. The summed E-state index contributed by atoms with van der Waals surface area (Å²) in [4.78, 5) is 12.3. The Kier molecular flexibility index (Phi) is 7.62. The van der Waals surface area contributed by atoms with Crippen molar-refractivity contribution in [2.45, 2.75) is 26.0 Å². The summed E-state index contributed by atoms with van der Waals surface area (Å²) in [6, 6.07) is 11.9. The fourth-order valence-electron chi connectivity index (χ4n) is 3.02. The van der Waals surface area contributed by atoms with Crippen LogP contribution in [0, 0.1) is 31.6 Å². The van der Waals surface area contributed by atoms with Crippen molar-refractivity contribution < 1.29 is 14.6 Å². The number of ether oxygens (including phenoxy) is 1. The third-order valence-corrected chi connectivity index (χ3v) is 4.42. The average Bonchev–Trinajstić information content (AvgIpc) is 3.36. The van der Waals surface area contributed by atoms with Crippen molar-refractivity contribution >= 4 is 5.97 Å². The molecule has 1 heterocycles. The molecule has 2 N–H and O–H groups in total. The van der Waals surface area contributed by atoms with E-state index in [0.717, 1.165) is 18.9 Å². The van der Waals surface area contributed by atoms with E-state index in [1.165, 1.54) is 10.2 Å². The minimum absolute atomic E-state index is 0.215. The van der Waals surface area contributed by atoms with E-state index in [2.05, 4.69) is 22.5 Å². The fourth-order valence-corrected chi connectivity index (χ4v) is 3.02. The molecule has 147 valence electrons. The lowest BCUT2D eigenvalue weighted by Gasteiger charge is -2.14. The van der Waals surface area contributed by atoms with E-state index in [4.69, 9.17) is 4.74 Å². The maximum atomic E-state index is 12.3. The third-order valence-electron chi connectivity index (χ3n) is 4.42. The Hall–Kier alpha value is -2.18. The second kappa shape index (κ2) is 10.4. The Balaban J connectivity index is 1.55. The molecule has 1 fully saturated rings. The lowest BCUT2D eigenvalue weighted by molar-refractivity contribution is 0.0506. The zero-order valence-electron chi connectivity index (χ0n) is 16.0. The quantitative estimate of drug-likeness (QED) is 0.487. The predicted octanol–water partition coefficient (Wildman–Crippen LogP) is 2.01. The lowest BCUT2D eigenvalue weighted by atomic mass is 10.0. The topological polar surface area (TPSA) is 76.4 Å². The van der Waals surface area contributed by atoms with Gasteiger partial charge in [0.1, 0.15) is 5.69 Å². The van der Waals surface area contributed by atoms with Gasteiger partial charge in [-0.1, -0.05) is 30.3 Å². The highest BCUT2D eigenvalue weighted by atomic mass is 16.5. The lowest BCUT2D eigenvalue weighted by Crippen LogP contribution is -2.32. The summed E-state index contributed by atoms with van der Waals surface area (Å²) in [7, 11) is 0. The van der Waals surface area contributed by atoms with Gasteiger partial charge in [-0.25, -0.2) is 4.79 Å². The number of esters is 1. The van der Waals surface area contributed by atoms with Crippen LogP contribution < -0.4 is 5.32 Å². The van der Waals surface area contributed by atoms with E-state index in [0.29, 0.717) is 24.5 Å². The number of nitrogens with zero attached hydrogens (tertiary/aromatic N) is 2. The molecule has 0 unspecified atom stereocenters. The minimum atomic E-state index is -0.670. The van der Waals surface area contributed by atoms with Crippen LogP contribution in [0.2, 0.25) is 0 Å². The molecule has 1 aromatic heterocycles. The van der Waals surface area contributed by atoms with E-state index in [1.807, 2.05) is 43.9 Å². The van der Waals surface area contributed by atoms with Gasteiger partial charge >= 0.3 is 5.97 Å². The van der Waals surface area contributed by atoms with Crippen LogP contribution in [0.4, 0.5) is 0 Å².